The minimum atomic E-state index is -4.57. The second-order valence-electron chi connectivity index (χ2n) is 11.0. The molecule has 2 aromatic carbocycles. The van der Waals surface area contributed by atoms with E-state index in [0.29, 0.717) is 46.7 Å². The number of anilines is 1. The summed E-state index contributed by atoms with van der Waals surface area (Å²) in [5.41, 5.74) is 9.36. The number of alkyl halides is 4. The fourth-order valence-corrected chi connectivity index (χ4v) is 5.71. The number of fused-ring (bicyclic) bond motifs is 2. The predicted molar refractivity (Wildman–Crippen MR) is 177 cm³/mol. The van der Waals surface area contributed by atoms with Crippen molar-refractivity contribution in [3.8, 4) is 11.1 Å². The maximum absolute atomic E-state index is 14.2. The Kier molecular flexibility index (Phi) is 11.5. The number of hydrogen-bond donors (Lipinski definition) is 2. The average Bonchev–Trinajstić information content (AvgIpc) is 3.03. The van der Waals surface area contributed by atoms with Crippen molar-refractivity contribution >= 4 is 28.9 Å². The molecule has 3 aromatic rings. The van der Waals surface area contributed by atoms with E-state index in [0.717, 1.165) is 23.5 Å². The van der Waals surface area contributed by atoms with Gasteiger partial charge in [-0.2, -0.15) is 13.2 Å². The van der Waals surface area contributed by atoms with E-state index in [9.17, 15) is 22.4 Å². The van der Waals surface area contributed by atoms with Crippen LogP contribution in [-0.2, 0) is 4.79 Å². The summed E-state index contributed by atoms with van der Waals surface area (Å²) in [6.07, 6.45) is 0.779. The maximum Gasteiger partial charge on any atom is 0.417 e. The number of aliphatic imine (C=N–C) groups is 1. The van der Waals surface area contributed by atoms with Gasteiger partial charge in [0.1, 0.15) is 7.11 Å². The molecule has 1 aromatic heterocycles. The molecule has 47 heavy (non-hydrogen) atoms. The summed E-state index contributed by atoms with van der Waals surface area (Å²) < 4.78 is 56.3. The number of aromatic nitrogens is 1. The number of benzene rings is 2. The Morgan fingerprint density at radius 2 is 1.96 bits per heavy atom. The molecule has 12 heteroatoms. The third-order valence-electron chi connectivity index (χ3n) is 7.74. The molecule has 4 rings (SSSR count). The number of allylic oxidation sites excluding steroid dienone is 3. The minimum absolute atomic E-state index is 0.216. The lowest BCUT2D eigenvalue weighted by Crippen LogP contribution is -2.45. The summed E-state index contributed by atoms with van der Waals surface area (Å²) in [6, 6.07) is 16.1. The van der Waals surface area contributed by atoms with Crippen LogP contribution in [0.15, 0.2) is 102 Å². The Morgan fingerprint density at radius 3 is 2.62 bits per heavy atom. The molecule has 2 heterocycles. The third kappa shape index (κ3) is 8.59. The zero-order valence-electron chi connectivity index (χ0n) is 26.3. The summed E-state index contributed by atoms with van der Waals surface area (Å²) in [6.45, 7) is 4.60. The zero-order chi connectivity index (χ0) is 34.3. The van der Waals surface area contributed by atoms with Crippen molar-refractivity contribution in [3.05, 3.63) is 119 Å². The second kappa shape index (κ2) is 15.3. The van der Waals surface area contributed by atoms with Gasteiger partial charge in [-0.3, -0.25) is 9.63 Å². The minimum Gasteiger partial charge on any atom is -0.403 e. The van der Waals surface area contributed by atoms with E-state index in [-0.39, 0.29) is 29.7 Å². The van der Waals surface area contributed by atoms with Crippen molar-refractivity contribution in [3.63, 3.8) is 0 Å². The van der Waals surface area contributed by atoms with Gasteiger partial charge in [0.25, 0.3) is 0 Å². The Hall–Kier alpha value is -4.64. The summed E-state index contributed by atoms with van der Waals surface area (Å²) in [4.78, 5) is 24.0. The number of nitrogens with one attached hydrogen (secondary N) is 1. The van der Waals surface area contributed by atoms with Gasteiger partial charge in [0.05, 0.1) is 28.5 Å². The van der Waals surface area contributed by atoms with Gasteiger partial charge < -0.3 is 16.0 Å². The standard InChI is InChI=1S/C35H36ClF4N5O2/c1-5-26(35(38,39)40)21-44(3)31-16-14-27(36)18-29(31)25-13-15-32(45(20-25)47-4)28-11-6-7-12-33(46)43-30(19-41)34(42-22(2)37)24-10-8-9-23(28)17-24/h5,8-10,13-22,28H,1,6-7,11-12H2,2-4H3,(H2-,41,42,43,46)/p+1/b26-21+. The highest BCUT2D eigenvalue weighted by Gasteiger charge is 2.32. The van der Waals surface area contributed by atoms with E-state index >= 15 is 0 Å². The number of hydrogen-bond acceptors (Lipinski definition) is 5. The Balaban J connectivity index is 1.84. The molecule has 248 valence electrons. The monoisotopic (exact) mass is 670 g/mol. The lowest BCUT2D eigenvalue weighted by atomic mass is 9.87. The first-order chi connectivity index (χ1) is 22.4. The molecule has 0 aliphatic carbocycles. The van der Waals surface area contributed by atoms with Crippen LogP contribution in [-0.4, -0.2) is 38.2 Å². The number of nitrogens with zero attached hydrogens (tertiary/aromatic N) is 3. The van der Waals surface area contributed by atoms with E-state index in [1.807, 2.05) is 30.3 Å². The molecular formula is C35H37ClF4N5O2+. The topological polar surface area (TPSA) is 83.8 Å². The number of nitrogens with two attached hydrogens (primary N) is 1. The first kappa shape index (κ1) is 35.2. The lowest BCUT2D eigenvalue weighted by Gasteiger charge is -2.21. The molecule has 1 aliphatic heterocycles. The smallest absolute Gasteiger partial charge is 0.403 e. The number of amides is 1. The zero-order valence-corrected chi connectivity index (χ0v) is 27.1. The second-order valence-corrected chi connectivity index (χ2v) is 11.5. The molecule has 2 atom stereocenters. The van der Waals surface area contributed by atoms with Crippen molar-refractivity contribution in [2.75, 3.05) is 19.1 Å². The summed E-state index contributed by atoms with van der Waals surface area (Å²) in [7, 11) is 3.04. The molecule has 0 fully saturated rings. The molecule has 3 N–H and O–H groups in total. The van der Waals surface area contributed by atoms with Crippen molar-refractivity contribution in [2.24, 2.45) is 10.7 Å². The fourth-order valence-electron chi connectivity index (χ4n) is 5.54. The van der Waals surface area contributed by atoms with Gasteiger partial charge >= 0.3 is 6.18 Å². The van der Waals surface area contributed by atoms with Crippen LogP contribution >= 0.6 is 11.6 Å². The first-order valence-electron chi connectivity index (χ1n) is 14.9. The normalized spacial score (nSPS) is 18.6. The van der Waals surface area contributed by atoms with Gasteiger partial charge in [-0.1, -0.05) is 48.9 Å². The summed E-state index contributed by atoms with van der Waals surface area (Å²) in [5, 5.41) is 3.17. The van der Waals surface area contributed by atoms with Crippen molar-refractivity contribution < 1.29 is 31.9 Å². The molecule has 2 unspecified atom stereocenters. The van der Waals surface area contributed by atoms with Crippen molar-refractivity contribution in [1.29, 1.82) is 0 Å². The number of carbonyl (C=O) groups excluding carboxylic acids is 1. The SMILES string of the molecule is C=C/C(=C\N(C)c1ccc(Cl)cc1-c1ccc(C2CCCCC(=O)NC(=C/N)/C(=N/C(C)F)c3cccc2c3)[n+](OC)c1)C(F)(F)F. The molecule has 1 amide bonds. The first-order valence-corrected chi connectivity index (χ1v) is 15.3. The van der Waals surface area contributed by atoms with E-state index < -0.39 is 18.0 Å². The highest BCUT2D eigenvalue weighted by molar-refractivity contribution is 6.31. The highest BCUT2D eigenvalue weighted by atomic mass is 35.5. The van der Waals surface area contributed by atoms with Crippen LogP contribution in [0.1, 0.15) is 55.3 Å². The molecule has 1 aliphatic rings. The molecule has 0 saturated heterocycles. The van der Waals surface area contributed by atoms with E-state index in [1.165, 1.54) is 32.2 Å². The van der Waals surface area contributed by atoms with Gasteiger partial charge in [0, 0.05) is 58.5 Å². The molecule has 2 bridgehead atoms. The average molecular weight is 671 g/mol. The van der Waals surface area contributed by atoms with Gasteiger partial charge in [-0.25, -0.2) is 9.38 Å². The van der Waals surface area contributed by atoms with Crippen LogP contribution in [0, 0.1) is 0 Å². The number of rotatable bonds is 7. The fraction of sp³-hybridized carbons (Fsp3) is 0.286. The maximum atomic E-state index is 14.2. The van der Waals surface area contributed by atoms with Crippen LogP contribution in [0.4, 0.5) is 23.2 Å². The Bertz CT molecular complexity index is 1720. The van der Waals surface area contributed by atoms with Gasteiger partial charge in [0.15, 0.2) is 6.30 Å². The lowest BCUT2D eigenvalue weighted by molar-refractivity contribution is -0.890. The number of pyridine rings is 1. The van der Waals surface area contributed by atoms with E-state index in [4.69, 9.17) is 22.2 Å². The van der Waals surface area contributed by atoms with Crippen LogP contribution in [0.2, 0.25) is 5.02 Å². The number of halogens is 5. The quantitative estimate of drug-likeness (QED) is 0.121. The number of carbonyl (C=O) groups is 1. The largest absolute Gasteiger partial charge is 0.417 e. The third-order valence-corrected chi connectivity index (χ3v) is 7.97. The van der Waals surface area contributed by atoms with Crippen LogP contribution in [0.5, 0.6) is 0 Å². The molecule has 0 saturated carbocycles. The Morgan fingerprint density at radius 1 is 1.19 bits per heavy atom. The van der Waals surface area contributed by atoms with Crippen molar-refractivity contribution in [2.45, 2.75) is 51.0 Å². The van der Waals surface area contributed by atoms with Gasteiger partial charge in [-0.15, -0.1) is 0 Å². The van der Waals surface area contributed by atoms with Gasteiger partial charge in [-0.05, 0) is 55.7 Å². The van der Waals surface area contributed by atoms with Crippen LogP contribution in [0.25, 0.3) is 11.1 Å². The van der Waals surface area contributed by atoms with Crippen LogP contribution in [0.3, 0.4) is 0 Å². The van der Waals surface area contributed by atoms with E-state index in [2.05, 4.69) is 16.9 Å². The molecule has 7 nitrogen and oxygen atoms in total. The van der Waals surface area contributed by atoms with Crippen LogP contribution < -0.4 is 25.5 Å². The summed E-state index contributed by atoms with van der Waals surface area (Å²) >= 11 is 6.36. The summed E-state index contributed by atoms with van der Waals surface area (Å²) in [5.74, 6) is -0.467. The van der Waals surface area contributed by atoms with Crippen molar-refractivity contribution in [1.82, 2.24) is 5.32 Å². The molecular weight excluding hydrogens is 634 g/mol. The molecule has 0 spiro atoms. The Labute approximate surface area is 276 Å². The predicted octanol–water partition coefficient (Wildman–Crippen LogP) is 7.15. The van der Waals surface area contributed by atoms with Gasteiger partial charge in [0.2, 0.25) is 17.8 Å². The molecule has 0 radical (unpaired) electrons. The highest BCUT2D eigenvalue weighted by Crippen LogP contribution is 2.36. The van der Waals surface area contributed by atoms with E-state index in [1.54, 1.807) is 35.2 Å².